The highest BCUT2D eigenvalue weighted by molar-refractivity contribution is 6.10. The summed E-state index contributed by atoms with van der Waals surface area (Å²) in [5, 5.41) is 5.39. The lowest BCUT2D eigenvalue weighted by molar-refractivity contribution is -0.123. The highest BCUT2D eigenvalue weighted by Crippen LogP contribution is 2.21. The van der Waals surface area contributed by atoms with Crippen molar-refractivity contribution < 1.29 is 19.1 Å². The molecule has 0 fully saturated rings. The van der Waals surface area contributed by atoms with Crippen LogP contribution in [-0.2, 0) is 20.7 Å². The van der Waals surface area contributed by atoms with Gasteiger partial charge in [0, 0.05) is 5.69 Å². The molecule has 6 heteroatoms. The van der Waals surface area contributed by atoms with Crippen molar-refractivity contribution in [2.45, 2.75) is 26.7 Å². The first-order chi connectivity index (χ1) is 12.5. The number of nitrogens with one attached hydrogen (secondary N) is 2. The molecule has 2 rings (SSSR count). The molecule has 0 radical (unpaired) electrons. The molecule has 0 aliphatic heterocycles. The van der Waals surface area contributed by atoms with Crippen LogP contribution in [0.4, 0.5) is 11.4 Å². The summed E-state index contributed by atoms with van der Waals surface area (Å²) in [6, 6.07) is 12.3. The van der Waals surface area contributed by atoms with E-state index in [1.54, 1.807) is 24.3 Å². The van der Waals surface area contributed by atoms with Gasteiger partial charge in [-0.1, -0.05) is 37.3 Å². The Balaban J connectivity index is 2.05. The third kappa shape index (κ3) is 4.69. The van der Waals surface area contributed by atoms with Gasteiger partial charge in [-0.05, 0) is 36.6 Å². The molecule has 0 heterocycles. The van der Waals surface area contributed by atoms with Gasteiger partial charge in [-0.15, -0.1) is 0 Å². The van der Waals surface area contributed by atoms with Crippen molar-refractivity contribution >= 4 is 29.2 Å². The van der Waals surface area contributed by atoms with Gasteiger partial charge in [-0.3, -0.25) is 9.59 Å². The first-order valence-electron chi connectivity index (χ1n) is 8.31. The molecule has 26 heavy (non-hydrogen) atoms. The Morgan fingerprint density at radius 2 is 1.65 bits per heavy atom. The minimum atomic E-state index is -0.558. The summed E-state index contributed by atoms with van der Waals surface area (Å²) in [5.41, 5.74) is 3.23. The maximum Gasteiger partial charge on any atom is 0.339 e. The zero-order chi connectivity index (χ0) is 19.1. The van der Waals surface area contributed by atoms with Crippen LogP contribution in [0.1, 0.15) is 34.8 Å². The standard InChI is InChI=1S/C20H22N2O4/c1-4-14-9-7-8-13(2)19(14)22-18(24)12-17(23)21-16-11-6-5-10-15(16)20(25)26-3/h5-11H,4,12H2,1-3H3,(H,21,23)(H,22,24). The third-order valence-corrected chi connectivity index (χ3v) is 3.93. The zero-order valence-electron chi connectivity index (χ0n) is 15.1. The minimum absolute atomic E-state index is 0.232. The number of carbonyl (C=O) groups is 3. The van der Waals surface area contributed by atoms with Crippen LogP contribution in [-0.4, -0.2) is 24.9 Å². The Bertz CT molecular complexity index is 830. The van der Waals surface area contributed by atoms with Crippen molar-refractivity contribution in [2.75, 3.05) is 17.7 Å². The van der Waals surface area contributed by atoms with E-state index >= 15 is 0 Å². The third-order valence-electron chi connectivity index (χ3n) is 3.93. The number of anilines is 2. The van der Waals surface area contributed by atoms with Crippen molar-refractivity contribution in [3.63, 3.8) is 0 Å². The van der Waals surface area contributed by atoms with Crippen LogP contribution in [0.25, 0.3) is 0 Å². The number of amides is 2. The maximum absolute atomic E-state index is 12.2. The topological polar surface area (TPSA) is 84.5 Å². The molecule has 0 atom stereocenters. The van der Waals surface area contributed by atoms with Crippen LogP contribution in [0.2, 0.25) is 0 Å². The van der Waals surface area contributed by atoms with Crippen LogP contribution < -0.4 is 10.6 Å². The first kappa shape index (κ1) is 19.2. The Morgan fingerprint density at radius 1 is 0.962 bits per heavy atom. The molecule has 0 unspecified atom stereocenters. The largest absolute Gasteiger partial charge is 0.465 e. The molecule has 2 N–H and O–H groups in total. The van der Waals surface area contributed by atoms with Gasteiger partial charge in [-0.2, -0.15) is 0 Å². The average molecular weight is 354 g/mol. The molecule has 0 saturated heterocycles. The molecule has 0 aliphatic carbocycles. The molecular weight excluding hydrogens is 332 g/mol. The number of carbonyl (C=O) groups excluding carboxylic acids is 3. The summed E-state index contributed by atoms with van der Waals surface area (Å²) in [6.07, 6.45) is 0.420. The van der Waals surface area contributed by atoms with E-state index in [2.05, 4.69) is 15.4 Å². The molecule has 0 bridgehead atoms. The van der Waals surface area contributed by atoms with Crippen molar-refractivity contribution in [1.29, 1.82) is 0 Å². The minimum Gasteiger partial charge on any atom is -0.465 e. The van der Waals surface area contributed by atoms with Crippen molar-refractivity contribution in [2.24, 2.45) is 0 Å². The van der Waals surface area contributed by atoms with E-state index in [1.807, 2.05) is 32.0 Å². The first-order valence-corrected chi connectivity index (χ1v) is 8.31. The van der Waals surface area contributed by atoms with Gasteiger partial charge in [0.05, 0.1) is 18.4 Å². The molecule has 2 aromatic rings. The van der Waals surface area contributed by atoms with E-state index < -0.39 is 17.8 Å². The van der Waals surface area contributed by atoms with Gasteiger partial charge in [0.1, 0.15) is 6.42 Å². The van der Waals surface area contributed by atoms with E-state index in [4.69, 9.17) is 0 Å². The number of benzene rings is 2. The Labute approximate surface area is 152 Å². The van der Waals surface area contributed by atoms with E-state index in [1.165, 1.54) is 7.11 Å². The predicted molar refractivity (Wildman–Crippen MR) is 100 cm³/mol. The van der Waals surface area contributed by atoms with Crippen LogP contribution in [0, 0.1) is 6.92 Å². The van der Waals surface area contributed by atoms with Crippen LogP contribution >= 0.6 is 0 Å². The molecule has 6 nitrogen and oxygen atoms in total. The van der Waals surface area contributed by atoms with E-state index in [-0.39, 0.29) is 12.0 Å². The van der Waals surface area contributed by atoms with Crippen molar-refractivity contribution in [1.82, 2.24) is 0 Å². The zero-order valence-corrected chi connectivity index (χ0v) is 15.1. The number of hydrogen-bond acceptors (Lipinski definition) is 4. The van der Waals surface area contributed by atoms with Crippen molar-refractivity contribution in [3.05, 3.63) is 59.2 Å². The van der Waals surface area contributed by atoms with Gasteiger partial charge in [0.25, 0.3) is 0 Å². The van der Waals surface area contributed by atoms with Gasteiger partial charge >= 0.3 is 5.97 Å². The summed E-state index contributed by atoms with van der Waals surface area (Å²) in [7, 11) is 1.27. The average Bonchev–Trinajstić information content (AvgIpc) is 2.63. The molecule has 2 aromatic carbocycles. The number of ether oxygens (including phenoxy) is 1. The highest BCUT2D eigenvalue weighted by atomic mass is 16.5. The Morgan fingerprint density at radius 3 is 2.35 bits per heavy atom. The van der Waals surface area contributed by atoms with Crippen molar-refractivity contribution in [3.8, 4) is 0 Å². The van der Waals surface area contributed by atoms with E-state index in [0.717, 1.165) is 23.2 Å². The van der Waals surface area contributed by atoms with Crippen LogP contribution in [0.15, 0.2) is 42.5 Å². The molecule has 0 spiro atoms. The molecule has 136 valence electrons. The molecular formula is C20H22N2O4. The number of hydrogen-bond donors (Lipinski definition) is 2. The lowest BCUT2D eigenvalue weighted by Gasteiger charge is -2.13. The summed E-state index contributed by atoms with van der Waals surface area (Å²) in [4.78, 5) is 36.2. The fraction of sp³-hybridized carbons (Fsp3) is 0.250. The van der Waals surface area contributed by atoms with Crippen LogP contribution in [0.5, 0.6) is 0 Å². The second kappa shape index (κ2) is 8.80. The van der Waals surface area contributed by atoms with Gasteiger partial charge < -0.3 is 15.4 Å². The lowest BCUT2D eigenvalue weighted by atomic mass is 10.1. The summed E-state index contributed by atoms with van der Waals surface area (Å²) < 4.78 is 4.69. The predicted octanol–water partition coefficient (Wildman–Crippen LogP) is 3.31. The lowest BCUT2D eigenvalue weighted by Crippen LogP contribution is -2.23. The van der Waals surface area contributed by atoms with E-state index in [9.17, 15) is 14.4 Å². The Hall–Kier alpha value is -3.15. The number of aryl methyl sites for hydroxylation is 2. The quantitative estimate of drug-likeness (QED) is 0.616. The molecule has 0 saturated carbocycles. The summed E-state index contributed by atoms with van der Waals surface area (Å²) >= 11 is 0. The summed E-state index contributed by atoms with van der Waals surface area (Å²) in [5.74, 6) is -1.48. The smallest absolute Gasteiger partial charge is 0.339 e. The number of methoxy groups -OCH3 is 1. The molecule has 0 aliphatic rings. The highest BCUT2D eigenvalue weighted by Gasteiger charge is 2.16. The fourth-order valence-electron chi connectivity index (χ4n) is 2.61. The molecule has 0 aromatic heterocycles. The van der Waals surface area contributed by atoms with E-state index in [0.29, 0.717) is 5.69 Å². The van der Waals surface area contributed by atoms with Gasteiger partial charge in [-0.25, -0.2) is 4.79 Å². The summed E-state index contributed by atoms with van der Waals surface area (Å²) in [6.45, 7) is 3.91. The maximum atomic E-state index is 12.2. The SMILES string of the molecule is CCc1cccc(C)c1NC(=O)CC(=O)Nc1ccccc1C(=O)OC. The van der Waals surface area contributed by atoms with Crippen LogP contribution in [0.3, 0.4) is 0 Å². The molecule has 2 amide bonds. The second-order valence-corrected chi connectivity index (χ2v) is 5.77. The van der Waals surface area contributed by atoms with Gasteiger partial charge in [0.15, 0.2) is 0 Å². The normalized spacial score (nSPS) is 10.1. The van der Waals surface area contributed by atoms with Gasteiger partial charge in [0.2, 0.25) is 11.8 Å². The monoisotopic (exact) mass is 354 g/mol. The fourth-order valence-corrected chi connectivity index (χ4v) is 2.61. The number of esters is 1. The number of para-hydroxylation sites is 2. The number of rotatable bonds is 6. The second-order valence-electron chi connectivity index (χ2n) is 5.77. The Kier molecular flexibility index (Phi) is 6.49.